The number of aromatic carboxylic acids is 1. The van der Waals surface area contributed by atoms with Crippen molar-refractivity contribution in [3.63, 3.8) is 0 Å². The zero-order valence-electron chi connectivity index (χ0n) is 9.02. The number of nitrogens with zero attached hydrogens (tertiary/aromatic N) is 1. The number of carbonyl (C=O) groups is 1. The van der Waals surface area contributed by atoms with Gasteiger partial charge in [0, 0.05) is 18.8 Å². The summed E-state index contributed by atoms with van der Waals surface area (Å²) in [4.78, 5) is 11.0. The zero-order chi connectivity index (χ0) is 11.7. The van der Waals surface area contributed by atoms with Crippen molar-refractivity contribution in [1.82, 2.24) is 4.57 Å². The molecule has 1 aromatic rings. The van der Waals surface area contributed by atoms with Crippen molar-refractivity contribution in [2.45, 2.75) is 31.9 Å². The summed E-state index contributed by atoms with van der Waals surface area (Å²) < 4.78 is 7.18. The van der Waals surface area contributed by atoms with Crippen molar-refractivity contribution >= 4 is 17.6 Å². The normalized spacial score (nSPS) is 24.1. The van der Waals surface area contributed by atoms with Crippen LogP contribution in [-0.4, -0.2) is 28.4 Å². The molecule has 5 heteroatoms. The van der Waals surface area contributed by atoms with Gasteiger partial charge in [0.2, 0.25) is 0 Å². The Morgan fingerprint density at radius 3 is 2.94 bits per heavy atom. The third-order valence-electron chi connectivity index (χ3n) is 2.90. The maximum Gasteiger partial charge on any atom is 0.352 e. The summed E-state index contributed by atoms with van der Waals surface area (Å²) in [5, 5.41) is 9.48. The molecule has 0 saturated heterocycles. The molecular weight excluding hydrogens is 230 g/mol. The summed E-state index contributed by atoms with van der Waals surface area (Å²) in [6, 6.07) is 1.69. The third kappa shape index (κ3) is 2.08. The Balaban J connectivity index is 2.08. The van der Waals surface area contributed by atoms with Gasteiger partial charge in [-0.2, -0.15) is 0 Å². The second-order valence-corrected chi connectivity index (χ2v) is 4.39. The molecule has 0 spiro atoms. The molecule has 0 unspecified atom stereocenters. The van der Waals surface area contributed by atoms with E-state index in [0.29, 0.717) is 11.6 Å². The van der Waals surface area contributed by atoms with Crippen LogP contribution in [0, 0.1) is 0 Å². The van der Waals surface area contributed by atoms with Crippen LogP contribution in [0.5, 0.6) is 0 Å². The molecule has 4 nitrogen and oxygen atoms in total. The molecule has 1 fully saturated rings. The third-order valence-corrected chi connectivity index (χ3v) is 3.11. The summed E-state index contributed by atoms with van der Waals surface area (Å²) >= 11 is 5.82. The van der Waals surface area contributed by atoms with Gasteiger partial charge in [-0.05, 0) is 25.8 Å². The molecule has 1 heterocycles. The van der Waals surface area contributed by atoms with Crippen LogP contribution in [0.25, 0.3) is 0 Å². The van der Waals surface area contributed by atoms with Gasteiger partial charge in [0.05, 0.1) is 11.1 Å². The van der Waals surface area contributed by atoms with E-state index >= 15 is 0 Å². The SMILES string of the molecule is CCOC1CC(n2cc(Cl)cc2C(=O)O)C1. The first kappa shape index (κ1) is 11.5. The van der Waals surface area contributed by atoms with E-state index < -0.39 is 5.97 Å². The lowest BCUT2D eigenvalue weighted by Crippen LogP contribution is -2.34. The molecule has 1 aliphatic rings. The fourth-order valence-corrected chi connectivity index (χ4v) is 2.26. The van der Waals surface area contributed by atoms with E-state index in [2.05, 4.69) is 0 Å². The van der Waals surface area contributed by atoms with Gasteiger partial charge >= 0.3 is 5.97 Å². The van der Waals surface area contributed by atoms with E-state index in [1.165, 1.54) is 6.07 Å². The topological polar surface area (TPSA) is 51.5 Å². The van der Waals surface area contributed by atoms with Crippen molar-refractivity contribution < 1.29 is 14.6 Å². The van der Waals surface area contributed by atoms with Crippen molar-refractivity contribution in [2.75, 3.05) is 6.61 Å². The summed E-state index contributed by atoms with van der Waals surface area (Å²) in [5.41, 5.74) is 0.255. The van der Waals surface area contributed by atoms with Crippen LogP contribution in [-0.2, 0) is 4.74 Å². The number of hydrogen-bond donors (Lipinski definition) is 1. The number of ether oxygens (including phenoxy) is 1. The van der Waals surface area contributed by atoms with Crippen LogP contribution in [0.3, 0.4) is 0 Å². The molecule has 0 radical (unpaired) electrons. The van der Waals surface area contributed by atoms with Gasteiger partial charge in [0.1, 0.15) is 5.69 Å². The Morgan fingerprint density at radius 1 is 1.69 bits per heavy atom. The first-order valence-electron chi connectivity index (χ1n) is 5.34. The van der Waals surface area contributed by atoms with Crippen molar-refractivity contribution in [3.05, 3.63) is 23.0 Å². The highest BCUT2D eigenvalue weighted by atomic mass is 35.5. The van der Waals surface area contributed by atoms with Crippen molar-refractivity contribution in [3.8, 4) is 0 Å². The number of rotatable bonds is 4. The molecule has 0 bridgehead atoms. The van der Waals surface area contributed by atoms with Gasteiger partial charge in [0.25, 0.3) is 0 Å². The molecule has 0 aromatic carbocycles. The minimum Gasteiger partial charge on any atom is -0.477 e. The highest BCUT2D eigenvalue weighted by molar-refractivity contribution is 6.30. The van der Waals surface area contributed by atoms with E-state index in [9.17, 15) is 4.79 Å². The summed E-state index contributed by atoms with van der Waals surface area (Å²) in [7, 11) is 0. The van der Waals surface area contributed by atoms with Gasteiger partial charge in [-0.3, -0.25) is 0 Å². The van der Waals surface area contributed by atoms with Gasteiger partial charge in [-0.25, -0.2) is 4.79 Å². The average Bonchev–Trinajstić information content (AvgIpc) is 2.53. The van der Waals surface area contributed by atoms with Crippen molar-refractivity contribution in [2.24, 2.45) is 0 Å². The number of halogens is 1. The zero-order valence-corrected chi connectivity index (χ0v) is 9.78. The van der Waals surface area contributed by atoms with E-state index in [0.717, 1.165) is 12.8 Å². The quantitative estimate of drug-likeness (QED) is 0.884. The van der Waals surface area contributed by atoms with E-state index in [1.54, 1.807) is 10.8 Å². The van der Waals surface area contributed by atoms with Crippen LogP contribution >= 0.6 is 11.6 Å². The van der Waals surface area contributed by atoms with Gasteiger partial charge < -0.3 is 14.4 Å². The monoisotopic (exact) mass is 243 g/mol. The Morgan fingerprint density at radius 2 is 2.38 bits per heavy atom. The Kier molecular flexibility index (Phi) is 3.21. The number of carboxylic acids is 1. The first-order valence-corrected chi connectivity index (χ1v) is 5.72. The smallest absolute Gasteiger partial charge is 0.352 e. The van der Waals surface area contributed by atoms with Crippen LogP contribution in [0.2, 0.25) is 5.02 Å². The maximum absolute atomic E-state index is 11.0. The highest BCUT2D eigenvalue weighted by Gasteiger charge is 2.32. The molecule has 1 N–H and O–H groups in total. The lowest BCUT2D eigenvalue weighted by Gasteiger charge is -2.36. The van der Waals surface area contributed by atoms with Crippen LogP contribution < -0.4 is 0 Å². The predicted octanol–water partition coefficient (Wildman–Crippen LogP) is 2.58. The lowest BCUT2D eigenvalue weighted by atomic mass is 9.89. The number of hydrogen-bond acceptors (Lipinski definition) is 2. The molecule has 2 rings (SSSR count). The first-order chi connectivity index (χ1) is 7.61. The number of aromatic nitrogens is 1. The average molecular weight is 244 g/mol. The van der Waals surface area contributed by atoms with E-state index in [1.807, 2.05) is 6.92 Å². The van der Waals surface area contributed by atoms with Crippen molar-refractivity contribution in [1.29, 1.82) is 0 Å². The molecule has 1 aliphatic carbocycles. The molecule has 0 atom stereocenters. The lowest BCUT2D eigenvalue weighted by molar-refractivity contribution is -0.0204. The van der Waals surface area contributed by atoms with Crippen LogP contribution in [0.15, 0.2) is 12.3 Å². The highest BCUT2D eigenvalue weighted by Crippen LogP contribution is 2.36. The Hall–Kier alpha value is -1.00. The van der Waals surface area contributed by atoms with Crippen LogP contribution in [0.1, 0.15) is 36.3 Å². The Labute approximate surface area is 98.8 Å². The van der Waals surface area contributed by atoms with Gasteiger partial charge in [0.15, 0.2) is 0 Å². The van der Waals surface area contributed by atoms with E-state index in [-0.39, 0.29) is 17.8 Å². The second kappa shape index (κ2) is 4.47. The van der Waals surface area contributed by atoms with Gasteiger partial charge in [-0.15, -0.1) is 0 Å². The van der Waals surface area contributed by atoms with Gasteiger partial charge in [-0.1, -0.05) is 11.6 Å². The molecule has 1 saturated carbocycles. The standard InChI is InChI=1S/C11H14ClNO3/c1-2-16-9-4-8(5-9)13-6-7(12)3-10(13)11(14)15/h3,6,8-9H,2,4-5H2,1H3,(H,14,15). The molecule has 88 valence electrons. The number of carboxylic acid groups (broad SMARTS) is 1. The summed E-state index contributed by atoms with van der Waals surface area (Å²) in [5.74, 6) is -0.938. The summed E-state index contributed by atoms with van der Waals surface area (Å²) in [6.45, 7) is 2.66. The summed E-state index contributed by atoms with van der Waals surface area (Å²) in [6.07, 6.45) is 3.66. The van der Waals surface area contributed by atoms with Crippen LogP contribution in [0.4, 0.5) is 0 Å². The molecule has 16 heavy (non-hydrogen) atoms. The fraction of sp³-hybridized carbons (Fsp3) is 0.545. The minimum absolute atomic E-state index is 0.204. The maximum atomic E-state index is 11.0. The molecular formula is C11H14ClNO3. The molecule has 0 amide bonds. The van der Waals surface area contributed by atoms with E-state index in [4.69, 9.17) is 21.4 Å². The molecule has 1 aromatic heterocycles. The largest absolute Gasteiger partial charge is 0.477 e. The minimum atomic E-state index is -0.938. The fourth-order valence-electron chi connectivity index (χ4n) is 2.06. The second-order valence-electron chi connectivity index (χ2n) is 3.96. The predicted molar refractivity (Wildman–Crippen MR) is 60.1 cm³/mol. The molecule has 0 aliphatic heterocycles. The Bertz CT molecular complexity index is 396.